The zero-order valence-electron chi connectivity index (χ0n) is 15.9. The molecule has 0 radical (unpaired) electrons. The molecule has 8 heteroatoms. The number of sulfonamides is 1. The van der Waals surface area contributed by atoms with Gasteiger partial charge in [-0.2, -0.15) is 4.31 Å². The van der Waals surface area contributed by atoms with Crippen LogP contribution in [0, 0.1) is 6.92 Å². The Hall–Kier alpha value is -0.700. The van der Waals surface area contributed by atoms with Crippen molar-refractivity contribution < 1.29 is 18.6 Å². The highest BCUT2D eigenvalue weighted by Crippen LogP contribution is 2.31. The fraction of sp³-hybridized carbons (Fsp3) is 0.684. The van der Waals surface area contributed by atoms with Gasteiger partial charge in [0.25, 0.3) is 0 Å². The Kier molecular flexibility index (Phi) is 8.98. The summed E-state index contributed by atoms with van der Waals surface area (Å²) in [6.07, 6.45) is 6.16. The second kappa shape index (κ2) is 10.7. The molecule has 3 rings (SSSR count). The number of piperidine rings is 2. The molecule has 2 heterocycles. The zero-order chi connectivity index (χ0) is 19.9. The molecule has 0 aliphatic carbocycles. The SMILES string of the molecule is Cc1cccc(Cl)c1S(=O)(=O)N1CCCCC1CO.OCC1CCCCN1. The van der Waals surface area contributed by atoms with E-state index in [4.69, 9.17) is 16.7 Å². The maximum Gasteiger partial charge on any atom is 0.245 e. The Balaban J connectivity index is 0.000000273. The van der Waals surface area contributed by atoms with Crippen LogP contribution in [-0.4, -0.2) is 61.3 Å². The maximum atomic E-state index is 12.7. The number of nitrogens with zero attached hydrogens (tertiary/aromatic N) is 1. The zero-order valence-corrected chi connectivity index (χ0v) is 17.5. The smallest absolute Gasteiger partial charge is 0.245 e. The number of benzene rings is 1. The van der Waals surface area contributed by atoms with Crippen LogP contribution in [0.25, 0.3) is 0 Å². The number of aliphatic hydroxyl groups is 2. The molecule has 2 aliphatic rings. The molecular formula is C19H31ClN2O4S. The molecule has 27 heavy (non-hydrogen) atoms. The number of rotatable bonds is 4. The number of hydrogen-bond acceptors (Lipinski definition) is 5. The Labute approximate surface area is 167 Å². The van der Waals surface area contributed by atoms with E-state index in [0.717, 1.165) is 25.8 Å². The summed E-state index contributed by atoms with van der Waals surface area (Å²) in [7, 11) is -3.64. The van der Waals surface area contributed by atoms with Crippen molar-refractivity contribution in [2.45, 2.75) is 62.4 Å². The minimum atomic E-state index is -3.64. The van der Waals surface area contributed by atoms with Crippen molar-refractivity contribution in [1.29, 1.82) is 0 Å². The van der Waals surface area contributed by atoms with Gasteiger partial charge in [0.15, 0.2) is 0 Å². The molecule has 1 aromatic rings. The monoisotopic (exact) mass is 418 g/mol. The first kappa shape index (κ1) is 22.6. The summed E-state index contributed by atoms with van der Waals surface area (Å²) in [5.41, 5.74) is 0.634. The minimum Gasteiger partial charge on any atom is -0.395 e. The second-order valence-electron chi connectivity index (χ2n) is 7.16. The van der Waals surface area contributed by atoms with E-state index in [-0.39, 0.29) is 22.6 Å². The first-order valence-electron chi connectivity index (χ1n) is 9.64. The van der Waals surface area contributed by atoms with Gasteiger partial charge in [0.1, 0.15) is 4.90 Å². The number of hydrogen-bond donors (Lipinski definition) is 3. The van der Waals surface area contributed by atoms with E-state index in [1.54, 1.807) is 25.1 Å². The molecule has 2 fully saturated rings. The molecule has 0 bridgehead atoms. The number of nitrogens with one attached hydrogen (secondary N) is 1. The van der Waals surface area contributed by atoms with Crippen LogP contribution in [0.4, 0.5) is 0 Å². The van der Waals surface area contributed by atoms with Crippen molar-refractivity contribution in [3.8, 4) is 0 Å². The van der Waals surface area contributed by atoms with E-state index in [1.807, 2.05) is 0 Å². The Morgan fingerprint density at radius 1 is 1.15 bits per heavy atom. The van der Waals surface area contributed by atoms with Crippen molar-refractivity contribution in [3.63, 3.8) is 0 Å². The van der Waals surface area contributed by atoms with E-state index in [0.29, 0.717) is 31.2 Å². The van der Waals surface area contributed by atoms with E-state index < -0.39 is 10.0 Å². The van der Waals surface area contributed by atoms with Crippen LogP contribution in [0.2, 0.25) is 5.02 Å². The highest BCUT2D eigenvalue weighted by molar-refractivity contribution is 7.89. The molecule has 6 nitrogen and oxygen atoms in total. The normalized spacial score (nSPS) is 24.1. The maximum absolute atomic E-state index is 12.7. The molecule has 2 atom stereocenters. The molecule has 0 spiro atoms. The third-order valence-electron chi connectivity index (χ3n) is 5.15. The van der Waals surface area contributed by atoms with Gasteiger partial charge in [-0.3, -0.25) is 0 Å². The predicted molar refractivity (Wildman–Crippen MR) is 108 cm³/mol. The molecule has 3 N–H and O–H groups in total. The standard InChI is InChI=1S/C13H18ClNO3S.C6H13NO/c1-10-5-4-7-12(14)13(10)19(17,18)15-8-3-2-6-11(15)9-16;8-5-6-3-1-2-4-7-6/h4-5,7,11,16H,2-3,6,8-9H2,1H3;6-8H,1-5H2. The summed E-state index contributed by atoms with van der Waals surface area (Å²) in [5, 5.41) is 21.5. The van der Waals surface area contributed by atoms with Crippen molar-refractivity contribution >= 4 is 21.6 Å². The van der Waals surface area contributed by atoms with Crippen molar-refractivity contribution in [2.24, 2.45) is 0 Å². The summed E-state index contributed by atoms with van der Waals surface area (Å²) in [4.78, 5) is 0.164. The van der Waals surface area contributed by atoms with Gasteiger partial charge >= 0.3 is 0 Å². The topological polar surface area (TPSA) is 89.9 Å². The third kappa shape index (κ3) is 5.89. The molecule has 0 aromatic heterocycles. The number of halogens is 1. The molecule has 2 saturated heterocycles. The lowest BCUT2D eigenvalue weighted by Crippen LogP contribution is -2.45. The molecule has 2 aliphatic heterocycles. The van der Waals surface area contributed by atoms with E-state index in [1.165, 1.54) is 17.1 Å². The summed E-state index contributed by atoms with van der Waals surface area (Å²) in [6.45, 7) is 3.42. The van der Waals surface area contributed by atoms with Crippen molar-refractivity contribution in [1.82, 2.24) is 9.62 Å². The molecule has 154 valence electrons. The number of aryl methyl sites for hydroxylation is 1. The van der Waals surface area contributed by atoms with Gasteiger partial charge in [-0.1, -0.05) is 36.6 Å². The molecular weight excluding hydrogens is 388 g/mol. The Morgan fingerprint density at radius 2 is 1.89 bits per heavy atom. The highest BCUT2D eigenvalue weighted by atomic mass is 35.5. The van der Waals surface area contributed by atoms with Gasteiger partial charge in [-0.15, -0.1) is 0 Å². The summed E-state index contributed by atoms with van der Waals surface area (Å²) in [6, 6.07) is 5.10. The van der Waals surface area contributed by atoms with Crippen LogP contribution < -0.4 is 5.32 Å². The first-order valence-corrected chi connectivity index (χ1v) is 11.5. The lowest BCUT2D eigenvalue weighted by Gasteiger charge is -2.34. The largest absolute Gasteiger partial charge is 0.395 e. The molecule has 1 aromatic carbocycles. The van der Waals surface area contributed by atoms with Crippen LogP contribution >= 0.6 is 11.6 Å². The van der Waals surface area contributed by atoms with Crippen LogP contribution in [0.5, 0.6) is 0 Å². The Morgan fingerprint density at radius 3 is 2.44 bits per heavy atom. The van der Waals surface area contributed by atoms with Crippen LogP contribution in [0.3, 0.4) is 0 Å². The second-order valence-corrected chi connectivity index (χ2v) is 9.40. The summed E-state index contributed by atoms with van der Waals surface area (Å²) in [5.74, 6) is 0. The summed E-state index contributed by atoms with van der Waals surface area (Å²) < 4.78 is 26.9. The minimum absolute atomic E-state index is 0.150. The quantitative estimate of drug-likeness (QED) is 0.698. The van der Waals surface area contributed by atoms with E-state index in [2.05, 4.69) is 5.32 Å². The average Bonchev–Trinajstić information content (AvgIpc) is 2.68. The fourth-order valence-electron chi connectivity index (χ4n) is 3.61. The van der Waals surface area contributed by atoms with Gasteiger partial charge in [-0.25, -0.2) is 8.42 Å². The molecule has 0 amide bonds. The van der Waals surface area contributed by atoms with Gasteiger partial charge < -0.3 is 15.5 Å². The van der Waals surface area contributed by atoms with Gasteiger partial charge in [0, 0.05) is 18.6 Å². The summed E-state index contributed by atoms with van der Waals surface area (Å²) >= 11 is 6.06. The average molecular weight is 419 g/mol. The number of aliphatic hydroxyl groups excluding tert-OH is 2. The van der Waals surface area contributed by atoms with E-state index >= 15 is 0 Å². The van der Waals surface area contributed by atoms with Gasteiger partial charge in [0.2, 0.25) is 10.0 Å². The lowest BCUT2D eigenvalue weighted by atomic mass is 10.1. The van der Waals surface area contributed by atoms with Gasteiger partial charge in [0.05, 0.1) is 18.2 Å². The van der Waals surface area contributed by atoms with E-state index in [9.17, 15) is 13.5 Å². The predicted octanol–water partition coefficient (Wildman–Crippen LogP) is 2.30. The van der Waals surface area contributed by atoms with Crippen LogP contribution in [0.15, 0.2) is 23.1 Å². The van der Waals surface area contributed by atoms with Crippen molar-refractivity contribution in [3.05, 3.63) is 28.8 Å². The first-order chi connectivity index (χ1) is 12.9. The third-order valence-corrected chi connectivity index (χ3v) is 7.73. The molecule has 0 saturated carbocycles. The molecule has 2 unspecified atom stereocenters. The fourth-order valence-corrected chi connectivity index (χ4v) is 6.09. The van der Waals surface area contributed by atoms with Crippen molar-refractivity contribution in [2.75, 3.05) is 26.3 Å². The highest BCUT2D eigenvalue weighted by Gasteiger charge is 2.35. The van der Waals surface area contributed by atoms with Crippen LogP contribution in [-0.2, 0) is 10.0 Å². The van der Waals surface area contributed by atoms with Gasteiger partial charge in [-0.05, 0) is 50.8 Å². The Bertz CT molecular complexity index is 673. The lowest BCUT2D eigenvalue weighted by molar-refractivity contribution is 0.155. The van der Waals surface area contributed by atoms with Crippen LogP contribution in [0.1, 0.15) is 44.1 Å².